The molecular formula is C19H29N3O. The molecule has 2 fully saturated rings. The molecule has 2 unspecified atom stereocenters. The molecule has 2 aliphatic rings. The standard InChI is InChI=1S/C19H29N3O/c20-16-8-5-7-15(13-16)19(23)21-17-9-6-10-18(14-17)22-11-3-1-2-4-12-22/h6,9-10,14-16H,1-5,7-8,11-13,20H2,(H,21,23). The van der Waals surface area contributed by atoms with Crippen LogP contribution in [0.25, 0.3) is 0 Å². The van der Waals surface area contributed by atoms with Crippen LogP contribution in [-0.2, 0) is 4.79 Å². The fourth-order valence-corrected chi connectivity index (χ4v) is 3.82. The SMILES string of the molecule is NC1CCCC(C(=O)Nc2cccc(N3CCCCCC3)c2)C1. The van der Waals surface area contributed by atoms with Crippen molar-refractivity contribution in [2.24, 2.45) is 11.7 Å². The van der Waals surface area contributed by atoms with Gasteiger partial charge in [0.05, 0.1) is 0 Å². The number of hydrogen-bond acceptors (Lipinski definition) is 3. The highest BCUT2D eigenvalue weighted by molar-refractivity contribution is 5.93. The minimum absolute atomic E-state index is 0.0700. The van der Waals surface area contributed by atoms with Crippen LogP contribution < -0.4 is 16.0 Å². The summed E-state index contributed by atoms with van der Waals surface area (Å²) in [4.78, 5) is 14.9. The van der Waals surface area contributed by atoms with Gasteiger partial charge in [0.15, 0.2) is 0 Å². The number of nitrogens with one attached hydrogen (secondary N) is 1. The fourth-order valence-electron chi connectivity index (χ4n) is 3.82. The maximum atomic E-state index is 12.5. The molecule has 0 aromatic heterocycles. The summed E-state index contributed by atoms with van der Waals surface area (Å²) in [5.74, 6) is 0.203. The number of anilines is 2. The predicted octanol–water partition coefficient (Wildman–Crippen LogP) is 3.52. The number of benzene rings is 1. The lowest BCUT2D eigenvalue weighted by Gasteiger charge is -2.26. The second-order valence-corrected chi connectivity index (χ2v) is 7.06. The molecular weight excluding hydrogens is 286 g/mol. The van der Waals surface area contributed by atoms with E-state index in [1.54, 1.807) is 0 Å². The van der Waals surface area contributed by atoms with Crippen molar-refractivity contribution in [3.05, 3.63) is 24.3 Å². The predicted molar refractivity (Wildman–Crippen MR) is 95.7 cm³/mol. The van der Waals surface area contributed by atoms with E-state index >= 15 is 0 Å². The third-order valence-electron chi connectivity index (χ3n) is 5.17. The summed E-state index contributed by atoms with van der Waals surface area (Å²) in [6.07, 6.45) is 9.07. The molecule has 3 N–H and O–H groups in total. The van der Waals surface area contributed by atoms with E-state index in [0.29, 0.717) is 0 Å². The molecule has 2 atom stereocenters. The number of hydrogen-bond donors (Lipinski definition) is 2. The average Bonchev–Trinajstić information content (AvgIpc) is 2.84. The lowest BCUT2D eigenvalue weighted by Crippen LogP contribution is -2.34. The Hall–Kier alpha value is -1.55. The first-order valence-electron chi connectivity index (χ1n) is 9.14. The lowest BCUT2D eigenvalue weighted by atomic mass is 9.85. The summed E-state index contributed by atoms with van der Waals surface area (Å²) in [7, 11) is 0. The van der Waals surface area contributed by atoms with Crippen LogP contribution in [0.4, 0.5) is 11.4 Å². The Labute approximate surface area is 139 Å². The first kappa shape index (κ1) is 16.3. The largest absolute Gasteiger partial charge is 0.371 e. The molecule has 1 aliphatic carbocycles. The minimum Gasteiger partial charge on any atom is -0.371 e. The van der Waals surface area contributed by atoms with E-state index in [1.165, 1.54) is 31.4 Å². The average molecular weight is 315 g/mol. The Morgan fingerprint density at radius 3 is 2.61 bits per heavy atom. The van der Waals surface area contributed by atoms with E-state index in [0.717, 1.165) is 44.5 Å². The molecule has 4 nitrogen and oxygen atoms in total. The smallest absolute Gasteiger partial charge is 0.227 e. The Bertz CT molecular complexity index is 523. The zero-order valence-electron chi connectivity index (χ0n) is 14.0. The van der Waals surface area contributed by atoms with Gasteiger partial charge in [-0.2, -0.15) is 0 Å². The van der Waals surface area contributed by atoms with Crippen LogP contribution in [0.3, 0.4) is 0 Å². The van der Waals surface area contributed by atoms with Gasteiger partial charge in [-0.1, -0.05) is 25.3 Å². The quantitative estimate of drug-likeness (QED) is 0.897. The molecule has 0 spiro atoms. The van der Waals surface area contributed by atoms with Crippen LogP contribution in [0, 0.1) is 5.92 Å². The Morgan fingerprint density at radius 2 is 1.87 bits per heavy atom. The third kappa shape index (κ3) is 4.47. The van der Waals surface area contributed by atoms with Gasteiger partial charge in [-0.25, -0.2) is 0 Å². The molecule has 1 saturated heterocycles. The maximum absolute atomic E-state index is 12.5. The molecule has 1 saturated carbocycles. The van der Waals surface area contributed by atoms with Gasteiger partial charge in [0.25, 0.3) is 0 Å². The normalized spacial score (nSPS) is 25.7. The number of nitrogens with zero attached hydrogens (tertiary/aromatic N) is 1. The lowest BCUT2D eigenvalue weighted by molar-refractivity contribution is -0.120. The van der Waals surface area contributed by atoms with Gasteiger partial charge >= 0.3 is 0 Å². The molecule has 126 valence electrons. The molecule has 4 heteroatoms. The van der Waals surface area contributed by atoms with Gasteiger partial charge in [-0.3, -0.25) is 4.79 Å². The van der Waals surface area contributed by atoms with Crippen LogP contribution in [0.15, 0.2) is 24.3 Å². The van der Waals surface area contributed by atoms with E-state index in [2.05, 4.69) is 22.3 Å². The molecule has 1 amide bonds. The fraction of sp³-hybridized carbons (Fsp3) is 0.632. The summed E-state index contributed by atoms with van der Waals surface area (Å²) in [5, 5.41) is 3.11. The summed E-state index contributed by atoms with van der Waals surface area (Å²) in [6.45, 7) is 2.24. The summed E-state index contributed by atoms with van der Waals surface area (Å²) in [6, 6.07) is 8.48. The molecule has 1 heterocycles. The minimum atomic E-state index is 0.0700. The third-order valence-corrected chi connectivity index (χ3v) is 5.17. The van der Waals surface area contributed by atoms with Gasteiger partial charge < -0.3 is 16.0 Å². The van der Waals surface area contributed by atoms with E-state index in [-0.39, 0.29) is 17.9 Å². The van der Waals surface area contributed by atoms with E-state index in [1.807, 2.05) is 12.1 Å². The molecule has 1 aromatic carbocycles. The van der Waals surface area contributed by atoms with Crippen LogP contribution in [0.5, 0.6) is 0 Å². The van der Waals surface area contributed by atoms with Crippen molar-refractivity contribution in [2.75, 3.05) is 23.3 Å². The van der Waals surface area contributed by atoms with Crippen molar-refractivity contribution in [1.29, 1.82) is 0 Å². The van der Waals surface area contributed by atoms with Gasteiger partial charge in [0.1, 0.15) is 0 Å². The molecule has 0 radical (unpaired) electrons. The summed E-state index contributed by atoms with van der Waals surface area (Å²) >= 11 is 0. The molecule has 3 rings (SSSR count). The maximum Gasteiger partial charge on any atom is 0.227 e. The first-order chi connectivity index (χ1) is 11.2. The van der Waals surface area contributed by atoms with Crippen molar-refractivity contribution in [1.82, 2.24) is 0 Å². The highest BCUT2D eigenvalue weighted by Gasteiger charge is 2.25. The first-order valence-corrected chi connectivity index (χ1v) is 9.14. The molecule has 0 bridgehead atoms. The molecule has 1 aromatic rings. The van der Waals surface area contributed by atoms with Crippen molar-refractivity contribution >= 4 is 17.3 Å². The summed E-state index contributed by atoms with van der Waals surface area (Å²) in [5.41, 5.74) is 8.15. The van der Waals surface area contributed by atoms with Gasteiger partial charge in [0, 0.05) is 36.4 Å². The second-order valence-electron chi connectivity index (χ2n) is 7.06. The Kier molecular flexibility index (Phi) is 5.55. The Morgan fingerprint density at radius 1 is 1.09 bits per heavy atom. The van der Waals surface area contributed by atoms with Gasteiger partial charge in [-0.15, -0.1) is 0 Å². The number of nitrogens with two attached hydrogens (primary N) is 1. The van der Waals surface area contributed by atoms with Crippen molar-refractivity contribution in [3.63, 3.8) is 0 Å². The topological polar surface area (TPSA) is 58.4 Å². The second kappa shape index (κ2) is 7.82. The van der Waals surface area contributed by atoms with Gasteiger partial charge in [0.2, 0.25) is 5.91 Å². The number of carbonyl (C=O) groups excluding carboxylic acids is 1. The van der Waals surface area contributed by atoms with Crippen LogP contribution in [0.2, 0.25) is 0 Å². The van der Waals surface area contributed by atoms with E-state index in [4.69, 9.17) is 5.73 Å². The van der Waals surface area contributed by atoms with Gasteiger partial charge in [-0.05, 0) is 50.3 Å². The molecule has 1 aliphatic heterocycles. The van der Waals surface area contributed by atoms with Crippen molar-refractivity contribution in [3.8, 4) is 0 Å². The number of rotatable bonds is 3. The Balaban J connectivity index is 1.63. The monoisotopic (exact) mass is 315 g/mol. The zero-order valence-corrected chi connectivity index (χ0v) is 14.0. The zero-order chi connectivity index (χ0) is 16.1. The van der Waals surface area contributed by atoms with E-state index < -0.39 is 0 Å². The molecule has 23 heavy (non-hydrogen) atoms. The van der Waals surface area contributed by atoms with E-state index in [9.17, 15) is 4.79 Å². The highest BCUT2D eigenvalue weighted by atomic mass is 16.1. The number of amides is 1. The number of carbonyl (C=O) groups is 1. The van der Waals surface area contributed by atoms with Crippen molar-refractivity contribution in [2.45, 2.75) is 57.4 Å². The highest BCUT2D eigenvalue weighted by Crippen LogP contribution is 2.26. The van der Waals surface area contributed by atoms with Crippen molar-refractivity contribution < 1.29 is 4.79 Å². The van der Waals surface area contributed by atoms with Crippen LogP contribution >= 0.6 is 0 Å². The summed E-state index contributed by atoms with van der Waals surface area (Å²) < 4.78 is 0. The van der Waals surface area contributed by atoms with Crippen LogP contribution in [0.1, 0.15) is 51.4 Å². The van der Waals surface area contributed by atoms with Crippen LogP contribution in [-0.4, -0.2) is 25.0 Å².